The lowest BCUT2D eigenvalue weighted by Gasteiger charge is -2.04. The molecule has 1 unspecified atom stereocenters. The monoisotopic (exact) mass is 264 g/mol. The molecule has 0 saturated carbocycles. The highest BCUT2D eigenvalue weighted by Gasteiger charge is 2.23. The van der Waals surface area contributed by atoms with Crippen LogP contribution in [0.4, 0.5) is 5.69 Å². The van der Waals surface area contributed by atoms with Crippen LogP contribution in [0.5, 0.6) is 0 Å². The van der Waals surface area contributed by atoms with Crippen LogP contribution in [0.15, 0.2) is 58.7 Å². The summed E-state index contributed by atoms with van der Waals surface area (Å²) >= 11 is 0. The van der Waals surface area contributed by atoms with Crippen LogP contribution in [0.25, 0.3) is 0 Å². The van der Waals surface area contributed by atoms with E-state index in [9.17, 15) is 10.1 Å². The zero-order valence-corrected chi connectivity index (χ0v) is 10.7. The Morgan fingerprint density at radius 3 is 2.95 bits per heavy atom. The van der Waals surface area contributed by atoms with Gasteiger partial charge >= 0.3 is 0 Å². The molecule has 1 atom stereocenters. The highest BCUT2D eigenvalue weighted by atomic mass is 16.3. The van der Waals surface area contributed by atoms with Crippen molar-refractivity contribution in [2.24, 2.45) is 0 Å². The summed E-state index contributed by atoms with van der Waals surface area (Å²) in [6.45, 7) is 0.690. The lowest BCUT2D eigenvalue weighted by molar-refractivity contribution is 0.101. The topological polar surface area (TPSA) is 66.0 Å². The van der Waals surface area contributed by atoms with Gasteiger partial charge in [0.05, 0.1) is 11.8 Å². The molecule has 0 bridgehead atoms. The molecular formula is C16H12N2O2. The minimum absolute atomic E-state index is 0.0276. The summed E-state index contributed by atoms with van der Waals surface area (Å²) in [4.78, 5) is 12.1. The van der Waals surface area contributed by atoms with Gasteiger partial charge in [0.2, 0.25) is 5.78 Å². The van der Waals surface area contributed by atoms with Crippen LogP contribution >= 0.6 is 0 Å². The maximum absolute atomic E-state index is 12.1. The largest absolute Gasteiger partial charge is 0.461 e. The summed E-state index contributed by atoms with van der Waals surface area (Å²) in [6.07, 6.45) is 3.14. The molecule has 1 aromatic heterocycles. The predicted octanol–water partition coefficient (Wildman–Crippen LogP) is 3.12. The zero-order valence-electron chi connectivity index (χ0n) is 10.7. The first-order chi connectivity index (χ1) is 9.79. The number of rotatable bonds is 3. The van der Waals surface area contributed by atoms with E-state index in [1.807, 2.05) is 30.3 Å². The summed E-state index contributed by atoms with van der Waals surface area (Å²) in [6, 6.07) is 13.1. The average Bonchev–Trinajstić information content (AvgIpc) is 3.14. The molecule has 0 saturated heterocycles. The zero-order chi connectivity index (χ0) is 13.9. The lowest BCUT2D eigenvalue weighted by Crippen LogP contribution is -2.05. The second kappa shape index (κ2) is 5.06. The lowest BCUT2D eigenvalue weighted by atomic mass is 9.97. The number of allylic oxidation sites excluding steroid dienone is 1. The number of hydrogen-bond acceptors (Lipinski definition) is 4. The van der Waals surface area contributed by atoms with E-state index in [0.717, 1.165) is 11.3 Å². The molecule has 0 radical (unpaired) electrons. The second-order valence-corrected chi connectivity index (χ2v) is 4.57. The third-order valence-corrected chi connectivity index (χ3v) is 3.35. The predicted molar refractivity (Wildman–Crippen MR) is 74.4 cm³/mol. The molecule has 0 fully saturated rings. The molecule has 98 valence electrons. The van der Waals surface area contributed by atoms with E-state index < -0.39 is 0 Å². The summed E-state index contributed by atoms with van der Waals surface area (Å²) in [5.74, 6) is -0.154. The Labute approximate surface area is 116 Å². The maximum atomic E-state index is 12.1. The number of furan rings is 1. The van der Waals surface area contributed by atoms with E-state index in [-0.39, 0.29) is 23.0 Å². The van der Waals surface area contributed by atoms with Crippen LogP contribution in [0.2, 0.25) is 0 Å². The van der Waals surface area contributed by atoms with Crippen molar-refractivity contribution in [3.05, 3.63) is 65.6 Å². The van der Waals surface area contributed by atoms with Crippen molar-refractivity contribution < 1.29 is 9.21 Å². The number of anilines is 1. The number of ketones is 1. The van der Waals surface area contributed by atoms with Crippen LogP contribution in [-0.2, 0) is 0 Å². The third-order valence-electron chi connectivity index (χ3n) is 3.35. The second-order valence-electron chi connectivity index (χ2n) is 4.57. The van der Waals surface area contributed by atoms with Crippen LogP contribution in [0.1, 0.15) is 22.0 Å². The van der Waals surface area contributed by atoms with E-state index >= 15 is 0 Å². The van der Waals surface area contributed by atoms with Gasteiger partial charge in [-0.1, -0.05) is 24.3 Å². The van der Waals surface area contributed by atoms with Gasteiger partial charge in [-0.05, 0) is 23.8 Å². The average molecular weight is 264 g/mol. The van der Waals surface area contributed by atoms with Crippen LogP contribution < -0.4 is 5.32 Å². The van der Waals surface area contributed by atoms with Gasteiger partial charge in [0, 0.05) is 18.2 Å². The Balaban J connectivity index is 1.92. The number of benzene rings is 1. The van der Waals surface area contributed by atoms with Crippen molar-refractivity contribution in [3.8, 4) is 6.07 Å². The Morgan fingerprint density at radius 2 is 2.20 bits per heavy atom. The van der Waals surface area contributed by atoms with Gasteiger partial charge in [-0.25, -0.2) is 0 Å². The van der Waals surface area contributed by atoms with Crippen molar-refractivity contribution >= 4 is 11.5 Å². The maximum Gasteiger partial charge on any atom is 0.238 e. The smallest absolute Gasteiger partial charge is 0.238 e. The summed E-state index contributed by atoms with van der Waals surface area (Å²) in [7, 11) is 0. The molecular weight excluding hydrogens is 252 g/mol. The molecule has 4 nitrogen and oxygen atoms in total. The Morgan fingerprint density at radius 1 is 1.35 bits per heavy atom. The Bertz CT molecular complexity index is 708. The molecule has 0 spiro atoms. The fourth-order valence-corrected chi connectivity index (χ4v) is 2.37. The highest BCUT2D eigenvalue weighted by Crippen LogP contribution is 2.32. The van der Waals surface area contributed by atoms with E-state index in [4.69, 9.17) is 4.42 Å². The van der Waals surface area contributed by atoms with E-state index in [1.165, 1.54) is 6.26 Å². The highest BCUT2D eigenvalue weighted by molar-refractivity contribution is 6.09. The van der Waals surface area contributed by atoms with Crippen molar-refractivity contribution in [2.45, 2.75) is 5.92 Å². The normalized spacial score (nSPS) is 17.1. The summed E-state index contributed by atoms with van der Waals surface area (Å²) < 4.78 is 5.05. The summed E-state index contributed by atoms with van der Waals surface area (Å²) in [5.41, 5.74) is 2.27. The molecule has 1 N–H and O–H groups in total. The van der Waals surface area contributed by atoms with Gasteiger partial charge in [-0.3, -0.25) is 4.79 Å². The van der Waals surface area contributed by atoms with E-state index in [0.29, 0.717) is 6.54 Å². The fraction of sp³-hybridized carbons (Fsp3) is 0.125. The number of nitrogens with one attached hydrogen (secondary N) is 1. The molecule has 0 aliphatic carbocycles. The number of nitrogens with zero attached hydrogens (tertiary/aromatic N) is 1. The molecule has 4 heteroatoms. The summed E-state index contributed by atoms with van der Waals surface area (Å²) in [5, 5.41) is 12.5. The molecule has 1 aliphatic heterocycles. The first-order valence-electron chi connectivity index (χ1n) is 6.32. The third kappa shape index (κ3) is 2.10. The van der Waals surface area contributed by atoms with Crippen LogP contribution in [0, 0.1) is 11.3 Å². The van der Waals surface area contributed by atoms with Gasteiger partial charge in [0.1, 0.15) is 6.07 Å². The minimum atomic E-state index is -0.373. The van der Waals surface area contributed by atoms with E-state index in [1.54, 1.807) is 18.2 Å². The Kier molecular flexibility index (Phi) is 3.10. The molecule has 2 heterocycles. The van der Waals surface area contributed by atoms with Crippen molar-refractivity contribution in [1.29, 1.82) is 5.26 Å². The first kappa shape index (κ1) is 12.2. The number of fused-ring (bicyclic) bond motifs is 1. The number of carbonyl (C=O) groups is 1. The van der Waals surface area contributed by atoms with Gasteiger partial charge in [-0.15, -0.1) is 0 Å². The molecule has 0 amide bonds. The van der Waals surface area contributed by atoms with Crippen molar-refractivity contribution in [3.63, 3.8) is 0 Å². The number of para-hydroxylation sites is 1. The molecule has 3 rings (SSSR count). The Hall–Kier alpha value is -2.80. The number of hydrogen-bond donors (Lipinski definition) is 1. The van der Waals surface area contributed by atoms with E-state index in [2.05, 4.69) is 5.32 Å². The minimum Gasteiger partial charge on any atom is -0.461 e. The van der Waals surface area contributed by atoms with Crippen LogP contribution in [0.3, 0.4) is 0 Å². The number of Topliss-reactive ketones (excluding diaryl/α,β-unsaturated/α-hetero) is 1. The van der Waals surface area contributed by atoms with Crippen molar-refractivity contribution in [2.75, 3.05) is 11.9 Å². The van der Waals surface area contributed by atoms with Crippen molar-refractivity contribution in [1.82, 2.24) is 0 Å². The molecule has 1 aliphatic rings. The fourth-order valence-electron chi connectivity index (χ4n) is 2.37. The van der Waals surface area contributed by atoms with Crippen LogP contribution in [-0.4, -0.2) is 12.3 Å². The first-order valence-corrected chi connectivity index (χ1v) is 6.32. The number of nitriles is 1. The van der Waals surface area contributed by atoms with Gasteiger partial charge in [0.25, 0.3) is 0 Å². The number of carbonyl (C=O) groups excluding carboxylic acids is 1. The quantitative estimate of drug-likeness (QED) is 0.525. The van der Waals surface area contributed by atoms with Gasteiger partial charge < -0.3 is 9.73 Å². The SMILES string of the molecule is N#C/C(=C\C1CNc2ccccc21)C(=O)c1ccco1. The molecule has 2 aromatic rings. The van der Waals surface area contributed by atoms with Gasteiger partial charge in [0.15, 0.2) is 5.76 Å². The molecule has 1 aromatic carbocycles. The standard InChI is InChI=1S/C16H12N2O2/c17-9-11(16(19)15-6-3-7-20-15)8-12-10-18-14-5-2-1-4-13(12)14/h1-8,12,18H,10H2/b11-8+. The van der Waals surface area contributed by atoms with Gasteiger partial charge in [-0.2, -0.15) is 5.26 Å². The molecule has 20 heavy (non-hydrogen) atoms.